The van der Waals surface area contributed by atoms with E-state index in [1.54, 1.807) is 0 Å². The number of benzene rings is 1. The number of aromatic nitrogens is 1. The first-order valence-electron chi connectivity index (χ1n) is 6.27. The van der Waals surface area contributed by atoms with E-state index in [1.165, 1.54) is 0 Å². The van der Waals surface area contributed by atoms with Crippen LogP contribution in [-0.2, 0) is 12.4 Å². The van der Waals surface area contributed by atoms with E-state index in [9.17, 15) is 39.5 Å². The largest absolute Gasteiger partial charge is 0.573 e. The van der Waals surface area contributed by atoms with E-state index in [1.807, 2.05) is 0 Å². The van der Waals surface area contributed by atoms with Gasteiger partial charge in [0.05, 0.1) is 11.1 Å². The third-order valence-electron chi connectivity index (χ3n) is 2.93. The van der Waals surface area contributed by atoms with Crippen LogP contribution in [0.25, 0.3) is 11.1 Å². The molecular formula is C14H6F9NO. The van der Waals surface area contributed by atoms with Crippen LogP contribution in [0.15, 0.2) is 36.7 Å². The summed E-state index contributed by atoms with van der Waals surface area (Å²) in [7, 11) is 0. The van der Waals surface area contributed by atoms with Crippen molar-refractivity contribution in [1.82, 2.24) is 4.98 Å². The van der Waals surface area contributed by atoms with Gasteiger partial charge < -0.3 is 4.74 Å². The fourth-order valence-corrected chi connectivity index (χ4v) is 2.02. The number of hydrogen-bond acceptors (Lipinski definition) is 2. The van der Waals surface area contributed by atoms with Crippen molar-refractivity contribution >= 4 is 0 Å². The smallest absolute Gasteiger partial charge is 0.406 e. The summed E-state index contributed by atoms with van der Waals surface area (Å²) in [6, 6.07) is 2.56. The number of halogens is 9. The predicted molar refractivity (Wildman–Crippen MR) is 66.4 cm³/mol. The standard InChI is InChI=1S/C14H6F9NO/c15-12(16,17)9-5-24-6-10(13(18,19)20)11(9)7-1-3-8(4-2-7)25-14(21,22)23/h1-6H. The average Bonchev–Trinajstić information content (AvgIpc) is 2.44. The lowest BCUT2D eigenvalue weighted by Crippen LogP contribution is -2.17. The maximum Gasteiger partial charge on any atom is 0.573 e. The van der Waals surface area contributed by atoms with Gasteiger partial charge in [0, 0.05) is 18.0 Å². The van der Waals surface area contributed by atoms with Crippen LogP contribution in [-0.4, -0.2) is 11.3 Å². The summed E-state index contributed by atoms with van der Waals surface area (Å²) in [5.74, 6) is -0.785. The van der Waals surface area contributed by atoms with Crippen molar-refractivity contribution in [3.05, 3.63) is 47.8 Å². The monoisotopic (exact) mass is 375 g/mol. The number of hydrogen-bond donors (Lipinski definition) is 0. The molecule has 0 radical (unpaired) electrons. The lowest BCUT2D eigenvalue weighted by molar-refractivity contribution is -0.274. The highest BCUT2D eigenvalue weighted by molar-refractivity contribution is 5.72. The zero-order chi connectivity index (χ0) is 19.0. The summed E-state index contributed by atoms with van der Waals surface area (Å²) in [6.45, 7) is 0. The van der Waals surface area contributed by atoms with E-state index in [-0.39, 0.29) is 12.4 Å². The van der Waals surface area contributed by atoms with E-state index >= 15 is 0 Å². The molecule has 0 aliphatic rings. The van der Waals surface area contributed by atoms with Gasteiger partial charge in [0.15, 0.2) is 0 Å². The van der Waals surface area contributed by atoms with Gasteiger partial charge in [0.2, 0.25) is 0 Å². The molecule has 2 aromatic rings. The fraction of sp³-hybridized carbons (Fsp3) is 0.214. The first kappa shape index (κ1) is 18.9. The molecule has 25 heavy (non-hydrogen) atoms. The molecular weight excluding hydrogens is 369 g/mol. The lowest BCUT2D eigenvalue weighted by Gasteiger charge is -2.18. The van der Waals surface area contributed by atoms with Crippen LogP contribution in [0.1, 0.15) is 11.1 Å². The van der Waals surface area contributed by atoms with E-state index in [2.05, 4.69) is 9.72 Å². The summed E-state index contributed by atoms with van der Waals surface area (Å²) in [5.41, 5.74) is -5.14. The molecule has 11 heteroatoms. The zero-order valence-corrected chi connectivity index (χ0v) is 11.7. The Bertz CT molecular complexity index is 713. The quantitative estimate of drug-likeness (QED) is 0.630. The Labute approximate surface area is 133 Å². The molecule has 0 fully saturated rings. The Kier molecular flexibility index (Phi) is 4.62. The van der Waals surface area contributed by atoms with Gasteiger partial charge in [-0.3, -0.25) is 4.98 Å². The molecule has 0 atom stereocenters. The summed E-state index contributed by atoms with van der Waals surface area (Å²) in [4.78, 5) is 2.96. The highest BCUT2D eigenvalue weighted by atomic mass is 19.4. The maximum atomic E-state index is 13.0. The number of alkyl halides is 9. The van der Waals surface area contributed by atoms with Crippen LogP contribution in [0.5, 0.6) is 5.75 Å². The van der Waals surface area contributed by atoms with Crippen LogP contribution < -0.4 is 4.74 Å². The van der Waals surface area contributed by atoms with Gasteiger partial charge in [-0.25, -0.2) is 0 Å². The van der Waals surface area contributed by atoms with E-state index in [4.69, 9.17) is 0 Å². The Morgan fingerprint density at radius 1 is 0.680 bits per heavy atom. The molecule has 136 valence electrons. The normalized spacial score (nSPS) is 13.0. The summed E-state index contributed by atoms with van der Waals surface area (Å²) in [5, 5.41) is 0. The molecule has 2 rings (SSSR count). The van der Waals surface area contributed by atoms with Crippen molar-refractivity contribution < 1.29 is 44.3 Å². The molecule has 0 aliphatic carbocycles. The summed E-state index contributed by atoms with van der Waals surface area (Å²) < 4.78 is 118. The first-order chi connectivity index (χ1) is 11.3. The molecule has 0 unspecified atom stereocenters. The predicted octanol–water partition coefficient (Wildman–Crippen LogP) is 5.68. The van der Waals surface area contributed by atoms with Gasteiger partial charge in [0.1, 0.15) is 5.75 Å². The van der Waals surface area contributed by atoms with E-state index < -0.39 is 46.7 Å². The van der Waals surface area contributed by atoms with Crippen molar-refractivity contribution in [3.63, 3.8) is 0 Å². The van der Waals surface area contributed by atoms with Gasteiger partial charge in [-0.05, 0) is 17.7 Å². The Balaban J connectivity index is 2.61. The van der Waals surface area contributed by atoms with Crippen molar-refractivity contribution in [2.24, 2.45) is 0 Å². The van der Waals surface area contributed by atoms with Crippen molar-refractivity contribution in [2.75, 3.05) is 0 Å². The third-order valence-corrected chi connectivity index (χ3v) is 2.93. The number of rotatable bonds is 2. The Morgan fingerprint density at radius 2 is 1.12 bits per heavy atom. The average molecular weight is 375 g/mol. The minimum absolute atomic E-state index is 0.213. The maximum absolute atomic E-state index is 13.0. The van der Waals surface area contributed by atoms with Crippen molar-refractivity contribution in [3.8, 4) is 16.9 Å². The summed E-state index contributed by atoms with van der Waals surface area (Å²) in [6.07, 6.45) is -14.9. The minimum atomic E-state index is -5.15. The summed E-state index contributed by atoms with van der Waals surface area (Å²) >= 11 is 0. The Hall–Kier alpha value is -2.46. The molecule has 2 nitrogen and oxygen atoms in total. The number of pyridine rings is 1. The van der Waals surface area contributed by atoms with Crippen LogP contribution >= 0.6 is 0 Å². The number of nitrogens with zero attached hydrogens (tertiary/aromatic N) is 1. The second kappa shape index (κ2) is 6.12. The topological polar surface area (TPSA) is 22.1 Å². The highest BCUT2D eigenvalue weighted by Gasteiger charge is 2.41. The molecule has 1 aromatic carbocycles. The van der Waals surface area contributed by atoms with Gasteiger partial charge in [-0.15, -0.1) is 13.2 Å². The van der Waals surface area contributed by atoms with Gasteiger partial charge in [-0.1, -0.05) is 12.1 Å². The molecule has 0 saturated heterocycles. The van der Waals surface area contributed by atoms with Crippen molar-refractivity contribution in [2.45, 2.75) is 18.7 Å². The SMILES string of the molecule is FC(F)(F)Oc1ccc(-c2c(C(F)(F)F)cncc2C(F)(F)F)cc1. The zero-order valence-electron chi connectivity index (χ0n) is 11.7. The molecule has 0 spiro atoms. The van der Waals surface area contributed by atoms with E-state index in [0.29, 0.717) is 24.3 Å². The lowest BCUT2D eigenvalue weighted by atomic mass is 9.96. The molecule has 1 aromatic heterocycles. The van der Waals surface area contributed by atoms with Gasteiger partial charge in [-0.2, -0.15) is 26.3 Å². The minimum Gasteiger partial charge on any atom is -0.406 e. The molecule has 0 N–H and O–H groups in total. The van der Waals surface area contributed by atoms with Gasteiger partial charge in [0.25, 0.3) is 0 Å². The van der Waals surface area contributed by atoms with Crippen molar-refractivity contribution in [1.29, 1.82) is 0 Å². The highest BCUT2D eigenvalue weighted by Crippen LogP contribution is 2.44. The van der Waals surface area contributed by atoms with Crippen LogP contribution in [0.4, 0.5) is 39.5 Å². The first-order valence-corrected chi connectivity index (χ1v) is 6.27. The third kappa shape index (κ3) is 4.54. The molecule has 0 aliphatic heterocycles. The Morgan fingerprint density at radius 3 is 1.48 bits per heavy atom. The van der Waals surface area contributed by atoms with Crippen LogP contribution in [0, 0.1) is 0 Å². The van der Waals surface area contributed by atoms with Crippen LogP contribution in [0.3, 0.4) is 0 Å². The second-order valence-electron chi connectivity index (χ2n) is 4.68. The molecule has 0 saturated carbocycles. The molecule has 0 bridgehead atoms. The molecule has 0 amide bonds. The van der Waals surface area contributed by atoms with E-state index in [0.717, 1.165) is 0 Å². The van der Waals surface area contributed by atoms with Gasteiger partial charge >= 0.3 is 18.7 Å². The number of ether oxygens (including phenoxy) is 1. The fourth-order valence-electron chi connectivity index (χ4n) is 2.02. The second-order valence-corrected chi connectivity index (χ2v) is 4.68. The molecule has 1 heterocycles. The van der Waals surface area contributed by atoms with Crippen LogP contribution in [0.2, 0.25) is 0 Å².